The van der Waals surface area contributed by atoms with E-state index in [9.17, 15) is 19.1 Å². The van der Waals surface area contributed by atoms with Crippen LogP contribution in [0.1, 0.15) is 11.6 Å². The normalized spacial score (nSPS) is 16.3. The molecule has 0 radical (unpaired) electrons. The zero-order chi connectivity index (χ0) is 22.0. The molecular weight excluding hydrogens is 423 g/mol. The van der Waals surface area contributed by atoms with Crippen LogP contribution in [0.15, 0.2) is 48.7 Å². The van der Waals surface area contributed by atoms with E-state index in [2.05, 4.69) is 10.3 Å². The lowest BCUT2D eigenvalue weighted by atomic mass is 10.0. The molecule has 162 valence electrons. The van der Waals surface area contributed by atoms with Gasteiger partial charge < -0.3 is 15.4 Å². The summed E-state index contributed by atoms with van der Waals surface area (Å²) in [7, 11) is 0. The highest BCUT2D eigenvalue weighted by Gasteiger charge is 2.32. The molecule has 0 saturated carbocycles. The predicted molar refractivity (Wildman–Crippen MR) is 117 cm³/mol. The van der Waals surface area contributed by atoms with Crippen LogP contribution >= 0.6 is 11.6 Å². The Morgan fingerprint density at radius 3 is 2.65 bits per heavy atom. The van der Waals surface area contributed by atoms with Crippen molar-refractivity contribution < 1.29 is 19.1 Å². The summed E-state index contributed by atoms with van der Waals surface area (Å²) >= 11 is 6.03. The number of rotatable bonds is 6. The van der Waals surface area contributed by atoms with Crippen LogP contribution in [-0.2, 0) is 9.59 Å². The number of amides is 1. The Hall–Kier alpha value is -2.94. The van der Waals surface area contributed by atoms with Gasteiger partial charge in [-0.15, -0.1) is 0 Å². The zero-order valence-corrected chi connectivity index (χ0v) is 17.4. The molecule has 0 bridgehead atoms. The molecular formula is C22H22ClFN4O3. The fourth-order valence-corrected chi connectivity index (χ4v) is 4.15. The lowest BCUT2D eigenvalue weighted by molar-refractivity contribution is -0.144. The molecule has 1 fully saturated rings. The second-order valence-electron chi connectivity index (χ2n) is 7.55. The van der Waals surface area contributed by atoms with E-state index in [0.29, 0.717) is 42.5 Å². The van der Waals surface area contributed by atoms with Crippen molar-refractivity contribution in [3.8, 4) is 0 Å². The minimum absolute atomic E-state index is 0.160. The molecule has 1 aliphatic rings. The molecule has 1 aliphatic heterocycles. The average Bonchev–Trinajstić information content (AvgIpc) is 3.11. The first-order valence-electron chi connectivity index (χ1n) is 9.92. The van der Waals surface area contributed by atoms with Gasteiger partial charge in [0.15, 0.2) is 0 Å². The number of nitrogens with zero attached hydrogens (tertiary/aromatic N) is 2. The lowest BCUT2D eigenvalue weighted by Crippen LogP contribution is -2.50. The molecule has 31 heavy (non-hydrogen) atoms. The number of aromatic nitrogens is 1. The minimum Gasteiger partial charge on any atom is -0.480 e. The number of fused-ring (bicyclic) bond motifs is 1. The van der Waals surface area contributed by atoms with Gasteiger partial charge in [-0.25, -0.2) is 4.39 Å². The predicted octanol–water partition coefficient (Wildman–Crippen LogP) is 3.34. The number of carbonyl (C=O) groups is 2. The summed E-state index contributed by atoms with van der Waals surface area (Å²) in [4.78, 5) is 31.3. The highest BCUT2D eigenvalue weighted by Crippen LogP contribution is 2.31. The summed E-state index contributed by atoms with van der Waals surface area (Å²) in [5, 5.41) is 14.0. The Balaban J connectivity index is 1.39. The van der Waals surface area contributed by atoms with Crippen molar-refractivity contribution in [2.75, 3.05) is 38.0 Å². The quantitative estimate of drug-likeness (QED) is 0.542. The molecule has 1 amide bonds. The van der Waals surface area contributed by atoms with Gasteiger partial charge in [0.1, 0.15) is 11.9 Å². The molecule has 1 saturated heterocycles. The number of H-pyrrole nitrogens is 1. The number of benzene rings is 2. The van der Waals surface area contributed by atoms with Crippen LogP contribution in [0, 0.1) is 5.82 Å². The van der Waals surface area contributed by atoms with E-state index < -0.39 is 17.8 Å². The van der Waals surface area contributed by atoms with Crippen LogP contribution in [0.4, 0.5) is 10.1 Å². The molecule has 3 N–H and O–H groups in total. The highest BCUT2D eigenvalue weighted by molar-refractivity contribution is 6.31. The van der Waals surface area contributed by atoms with Gasteiger partial charge in [0.25, 0.3) is 0 Å². The first kappa shape index (κ1) is 21.3. The summed E-state index contributed by atoms with van der Waals surface area (Å²) in [6, 6.07) is 10.3. The number of hydrogen-bond donors (Lipinski definition) is 3. The molecule has 9 heteroatoms. The van der Waals surface area contributed by atoms with Gasteiger partial charge in [-0.05, 0) is 30.3 Å². The van der Waals surface area contributed by atoms with Crippen molar-refractivity contribution in [2.24, 2.45) is 0 Å². The smallest absolute Gasteiger partial charge is 0.325 e. The number of halogens is 2. The zero-order valence-electron chi connectivity index (χ0n) is 16.6. The van der Waals surface area contributed by atoms with Crippen molar-refractivity contribution >= 4 is 40.1 Å². The fourth-order valence-electron chi connectivity index (χ4n) is 3.98. The average molecular weight is 445 g/mol. The molecule has 2 aromatic carbocycles. The SMILES string of the molecule is O=C(CN1CCN([C@@H](C(=O)O)c2c[nH]c3cc(Cl)ccc23)CC1)Nc1cccc(F)c1. The molecule has 0 aliphatic carbocycles. The number of piperazine rings is 1. The van der Waals surface area contributed by atoms with Gasteiger partial charge in [0.05, 0.1) is 6.54 Å². The van der Waals surface area contributed by atoms with Crippen LogP contribution in [0.3, 0.4) is 0 Å². The van der Waals surface area contributed by atoms with Crippen molar-refractivity contribution in [2.45, 2.75) is 6.04 Å². The van der Waals surface area contributed by atoms with Crippen LogP contribution < -0.4 is 5.32 Å². The lowest BCUT2D eigenvalue weighted by Gasteiger charge is -2.37. The van der Waals surface area contributed by atoms with E-state index in [-0.39, 0.29) is 12.5 Å². The number of carboxylic acids is 1. The summed E-state index contributed by atoms with van der Waals surface area (Å²) in [5.41, 5.74) is 1.90. The Bertz CT molecular complexity index is 1110. The summed E-state index contributed by atoms with van der Waals surface area (Å²) in [6.07, 6.45) is 1.72. The minimum atomic E-state index is -0.923. The van der Waals surface area contributed by atoms with Crippen molar-refractivity contribution in [1.29, 1.82) is 0 Å². The van der Waals surface area contributed by atoms with Crippen LogP contribution in [0.5, 0.6) is 0 Å². The van der Waals surface area contributed by atoms with Gasteiger partial charge in [0.2, 0.25) is 5.91 Å². The Kier molecular flexibility index (Phi) is 6.22. The number of carbonyl (C=O) groups excluding carboxylic acids is 1. The second-order valence-corrected chi connectivity index (χ2v) is 7.98. The van der Waals surface area contributed by atoms with Crippen molar-refractivity contribution in [1.82, 2.24) is 14.8 Å². The summed E-state index contributed by atoms with van der Waals surface area (Å²) in [6.45, 7) is 2.27. The van der Waals surface area contributed by atoms with Gasteiger partial charge in [-0.1, -0.05) is 23.7 Å². The van der Waals surface area contributed by atoms with E-state index in [1.165, 1.54) is 18.2 Å². The maximum atomic E-state index is 13.3. The third kappa shape index (κ3) is 4.87. The number of anilines is 1. The maximum Gasteiger partial charge on any atom is 0.325 e. The topological polar surface area (TPSA) is 88.7 Å². The monoisotopic (exact) mass is 444 g/mol. The maximum absolute atomic E-state index is 13.3. The van der Waals surface area contributed by atoms with E-state index in [4.69, 9.17) is 11.6 Å². The molecule has 1 atom stereocenters. The first-order valence-corrected chi connectivity index (χ1v) is 10.3. The summed E-state index contributed by atoms with van der Waals surface area (Å²) in [5.74, 6) is -1.57. The van der Waals surface area contributed by atoms with Crippen LogP contribution in [0.25, 0.3) is 10.9 Å². The Morgan fingerprint density at radius 2 is 1.94 bits per heavy atom. The number of aromatic amines is 1. The molecule has 3 aromatic rings. The van der Waals surface area contributed by atoms with Crippen molar-refractivity contribution in [3.63, 3.8) is 0 Å². The molecule has 2 heterocycles. The third-order valence-electron chi connectivity index (χ3n) is 5.45. The first-order chi connectivity index (χ1) is 14.9. The summed E-state index contributed by atoms with van der Waals surface area (Å²) < 4.78 is 13.3. The molecule has 1 aromatic heterocycles. The molecule has 7 nitrogen and oxygen atoms in total. The molecule has 0 spiro atoms. The van der Waals surface area contributed by atoms with Gasteiger partial charge in [0, 0.05) is 59.6 Å². The number of hydrogen-bond acceptors (Lipinski definition) is 4. The van der Waals surface area contributed by atoms with Gasteiger partial charge in [-0.3, -0.25) is 19.4 Å². The Labute approximate surface area is 183 Å². The van der Waals surface area contributed by atoms with Crippen LogP contribution in [0.2, 0.25) is 5.02 Å². The number of aliphatic carboxylic acids is 1. The van der Waals surface area contributed by atoms with E-state index in [1.54, 1.807) is 24.4 Å². The third-order valence-corrected chi connectivity index (χ3v) is 5.69. The van der Waals surface area contributed by atoms with Gasteiger partial charge >= 0.3 is 5.97 Å². The molecule has 0 unspecified atom stereocenters. The van der Waals surface area contributed by atoms with E-state index in [1.807, 2.05) is 15.9 Å². The van der Waals surface area contributed by atoms with Gasteiger partial charge in [-0.2, -0.15) is 0 Å². The van der Waals surface area contributed by atoms with E-state index >= 15 is 0 Å². The molecule has 4 rings (SSSR count). The number of carboxylic acid groups (broad SMARTS) is 1. The van der Waals surface area contributed by atoms with Crippen molar-refractivity contribution in [3.05, 3.63) is 65.1 Å². The standard InChI is InChI=1S/C22H22ClFN4O3/c23-14-4-5-17-18(12-25-19(17)10-14)21(22(30)31)28-8-6-27(7-9-28)13-20(29)26-16-3-1-2-15(24)11-16/h1-5,10-12,21,25H,6-9,13H2,(H,26,29)(H,30,31)/t21-/m1/s1. The largest absolute Gasteiger partial charge is 0.480 e. The van der Waals surface area contributed by atoms with E-state index in [0.717, 1.165) is 10.9 Å². The second kappa shape index (κ2) is 9.05. The highest BCUT2D eigenvalue weighted by atomic mass is 35.5. The number of nitrogens with one attached hydrogen (secondary N) is 2. The van der Waals surface area contributed by atoms with Crippen LogP contribution in [-0.4, -0.2) is 64.5 Å². The fraction of sp³-hybridized carbons (Fsp3) is 0.273. The Morgan fingerprint density at radius 1 is 1.16 bits per heavy atom.